The van der Waals surface area contributed by atoms with Crippen LogP contribution in [0.1, 0.15) is 44.5 Å². The molecule has 1 aliphatic heterocycles. The number of carbonyl (C=O) groups excluding carboxylic acids is 1. The lowest BCUT2D eigenvalue weighted by atomic mass is 10.0. The van der Waals surface area contributed by atoms with Crippen LogP contribution in [0.4, 0.5) is 5.69 Å². The molecule has 1 atom stereocenters. The van der Waals surface area contributed by atoms with Crippen molar-refractivity contribution in [3.05, 3.63) is 53.6 Å². The smallest absolute Gasteiger partial charge is 0.247 e. The largest absolute Gasteiger partial charge is 0.497 e. The second-order valence-corrected chi connectivity index (χ2v) is 9.49. The summed E-state index contributed by atoms with van der Waals surface area (Å²) in [6.45, 7) is 7.91. The van der Waals surface area contributed by atoms with Crippen LogP contribution in [-0.4, -0.2) is 34.0 Å². The highest BCUT2D eigenvalue weighted by Crippen LogP contribution is 2.44. The maximum Gasteiger partial charge on any atom is 0.247 e. The first kappa shape index (κ1) is 23.0. The number of rotatable bonds is 6. The summed E-state index contributed by atoms with van der Waals surface area (Å²) in [4.78, 5) is 19.2. The number of fused-ring (bicyclic) bond motifs is 3. The predicted octanol–water partition coefficient (Wildman–Crippen LogP) is 5.44. The summed E-state index contributed by atoms with van der Waals surface area (Å²) in [5.74, 6) is 2.45. The number of methoxy groups -OCH3 is 1. The fourth-order valence-corrected chi connectivity index (χ4v) is 4.67. The number of aryl methyl sites for hydroxylation is 1. The Morgan fingerprint density at radius 2 is 1.94 bits per heavy atom. The van der Waals surface area contributed by atoms with Crippen LogP contribution in [0.5, 0.6) is 11.6 Å². The average molecular weight is 465 g/mol. The van der Waals surface area contributed by atoms with Crippen LogP contribution in [0.25, 0.3) is 11.3 Å². The Labute approximate surface area is 198 Å². The van der Waals surface area contributed by atoms with E-state index in [1.165, 1.54) is 6.92 Å². The zero-order valence-electron chi connectivity index (χ0n) is 19.5. The molecule has 0 saturated carbocycles. The van der Waals surface area contributed by atoms with Crippen LogP contribution in [0.3, 0.4) is 0 Å². The van der Waals surface area contributed by atoms with E-state index in [1.807, 2.05) is 49.4 Å². The van der Waals surface area contributed by atoms with Gasteiger partial charge in [-0.15, -0.1) is 10.2 Å². The highest BCUT2D eigenvalue weighted by molar-refractivity contribution is 7.99. The van der Waals surface area contributed by atoms with Gasteiger partial charge in [0.2, 0.25) is 23.2 Å². The summed E-state index contributed by atoms with van der Waals surface area (Å²) in [5, 5.41) is 9.41. The van der Waals surface area contributed by atoms with E-state index in [2.05, 4.69) is 24.0 Å². The Balaban J connectivity index is 1.83. The maximum atomic E-state index is 12.9. The highest BCUT2D eigenvalue weighted by Gasteiger charge is 2.34. The first-order chi connectivity index (χ1) is 15.9. The molecule has 0 bridgehead atoms. The first-order valence-corrected chi connectivity index (χ1v) is 11.9. The molecule has 7 nitrogen and oxygen atoms in total. The molecule has 8 heteroatoms. The van der Waals surface area contributed by atoms with Crippen LogP contribution in [0.2, 0.25) is 0 Å². The van der Waals surface area contributed by atoms with Gasteiger partial charge in [0.05, 0.1) is 12.8 Å². The van der Waals surface area contributed by atoms with Crippen molar-refractivity contribution in [3.63, 3.8) is 0 Å². The SMILES string of the molecule is COc1ccc([C@@H]2Oc3nc(SCCC(C)C)nnc3-c3cc(C)ccc3N2C(C)=O)cc1. The molecule has 0 N–H and O–H groups in total. The Hall–Kier alpha value is -3.13. The number of amides is 1. The van der Waals surface area contributed by atoms with Crippen molar-refractivity contribution >= 4 is 23.4 Å². The van der Waals surface area contributed by atoms with Crippen molar-refractivity contribution in [1.29, 1.82) is 0 Å². The van der Waals surface area contributed by atoms with Crippen LogP contribution < -0.4 is 14.4 Å². The van der Waals surface area contributed by atoms with Crippen LogP contribution >= 0.6 is 11.8 Å². The number of aromatic nitrogens is 3. The van der Waals surface area contributed by atoms with E-state index in [-0.39, 0.29) is 5.91 Å². The molecule has 2 heterocycles. The standard InChI is InChI=1S/C25H28N4O3S/c1-15(2)12-13-33-25-26-23-22(27-28-25)20-14-16(3)6-11-21(20)29(17(4)30)24(32-23)18-7-9-19(31-5)10-8-18/h6-11,14-15,24H,12-13H2,1-5H3/t24-/m0/s1. The lowest BCUT2D eigenvalue weighted by Gasteiger charge is -2.30. The molecule has 3 aromatic rings. The van der Waals surface area contributed by atoms with Gasteiger partial charge in [0, 0.05) is 23.8 Å². The van der Waals surface area contributed by atoms with Crippen molar-refractivity contribution in [1.82, 2.24) is 15.2 Å². The van der Waals surface area contributed by atoms with Gasteiger partial charge in [0.25, 0.3) is 0 Å². The minimum Gasteiger partial charge on any atom is -0.497 e. The van der Waals surface area contributed by atoms with Crippen molar-refractivity contribution in [3.8, 4) is 22.9 Å². The van der Waals surface area contributed by atoms with Gasteiger partial charge in [0.1, 0.15) is 5.75 Å². The third-order valence-corrected chi connectivity index (χ3v) is 6.30. The summed E-state index contributed by atoms with van der Waals surface area (Å²) in [6.07, 6.45) is 0.349. The van der Waals surface area contributed by atoms with E-state index >= 15 is 0 Å². The fraction of sp³-hybridized carbons (Fsp3) is 0.360. The van der Waals surface area contributed by atoms with E-state index in [0.717, 1.165) is 34.6 Å². The van der Waals surface area contributed by atoms with Gasteiger partial charge in [-0.1, -0.05) is 37.2 Å². The molecule has 1 aliphatic rings. The van der Waals surface area contributed by atoms with Gasteiger partial charge in [0.15, 0.2) is 5.69 Å². The Bertz CT molecular complexity index is 1150. The minimum atomic E-state index is -0.707. The third-order valence-electron chi connectivity index (χ3n) is 5.43. The first-order valence-electron chi connectivity index (χ1n) is 11.0. The van der Waals surface area contributed by atoms with Crippen molar-refractivity contribution in [2.75, 3.05) is 17.8 Å². The van der Waals surface area contributed by atoms with Gasteiger partial charge in [-0.05, 0) is 55.7 Å². The number of carbonyl (C=O) groups is 1. The van der Waals surface area contributed by atoms with Crippen LogP contribution in [-0.2, 0) is 4.79 Å². The number of benzene rings is 2. The zero-order chi connectivity index (χ0) is 23.5. The van der Waals surface area contributed by atoms with Crippen LogP contribution in [0, 0.1) is 12.8 Å². The van der Waals surface area contributed by atoms with Crippen molar-refractivity contribution < 1.29 is 14.3 Å². The van der Waals surface area contributed by atoms with E-state index in [0.29, 0.717) is 28.3 Å². The summed E-state index contributed by atoms with van der Waals surface area (Å²) in [7, 11) is 1.62. The molecule has 0 unspecified atom stereocenters. The molecule has 4 rings (SSSR count). The Kier molecular flexibility index (Phi) is 6.83. The quantitative estimate of drug-likeness (QED) is 0.450. The summed E-state index contributed by atoms with van der Waals surface area (Å²) < 4.78 is 11.7. The topological polar surface area (TPSA) is 77.4 Å². The zero-order valence-corrected chi connectivity index (χ0v) is 20.3. The lowest BCUT2D eigenvalue weighted by Crippen LogP contribution is -2.36. The number of hydrogen-bond donors (Lipinski definition) is 0. The highest BCUT2D eigenvalue weighted by atomic mass is 32.2. The molecular weight excluding hydrogens is 436 g/mol. The third kappa shape index (κ3) is 4.95. The van der Waals surface area contributed by atoms with Gasteiger partial charge < -0.3 is 9.47 Å². The molecular formula is C25H28N4O3S. The molecule has 0 fully saturated rings. The number of hydrogen-bond acceptors (Lipinski definition) is 7. The molecule has 2 aromatic carbocycles. The van der Waals surface area contributed by atoms with Crippen LogP contribution in [0.15, 0.2) is 47.6 Å². The Morgan fingerprint density at radius 1 is 1.18 bits per heavy atom. The molecule has 1 amide bonds. The van der Waals surface area contributed by atoms with Gasteiger partial charge in [-0.2, -0.15) is 4.98 Å². The fourth-order valence-electron chi connectivity index (χ4n) is 3.65. The van der Waals surface area contributed by atoms with E-state index in [1.54, 1.807) is 23.8 Å². The molecule has 0 radical (unpaired) electrons. The van der Waals surface area contributed by atoms with E-state index in [9.17, 15) is 4.79 Å². The maximum absolute atomic E-state index is 12.9. The number of thioether (sulfide) groups is 1. The second kappa shape index (κ2) is 9.79. The molecule has 0 aliphatic carbocycles. The van der Waals surface area contributed by atoms with E-state index in [4.69, 9.17) is 14.5 Å². The van der Waals surface area contributed by atoms with Gasteiger partial charge in [-0.3, -0.25) is 9.69 Å². The number of nitrogens with zero attached hydrogens (tertiary/aromatic N) is 4. The number of ether oxygens (including phenoxy) is 2. The molecule has 172 valence electrons. The molecule has 0 spiro atoms. The van der Waals surface area contributed by atoms with Gasteiger partial charge >= 0.3 is 0 Å². The van der Waals surface area contributed by atoms with Gasteiger partial charge in [-0.25, -0.2) is 0 Å². The predicted molar refractivity (Wildman–Crippen MR) is 130 cm³/mol. The summed E-state index contributed by atoms with van der Waals surface area (Å²) >= 11 is 1.56. The second-order valence-electron chi connectivity index (χ2n) is 8.43. The number of anilines is 1. The summed E-state index contributed by atoms with van der Waals surface area (Å²) in [6, 6.07) is 13.4. The van der Waals surface area contributed by atoms with Crippen molar-refractivity contribution in [2.45, 2.75) is 45.5 Å². The summed E-state index contributed by atoms with van der Waals surface area (Å²) in [5.41, 5.74) is 3.87. The minimum absolute atomic E-state index is 0.145. The molecule has 0 saturated heterocycles. The lowest BCUT2D eigenvalue weighted by molar-refractivity contribution is -0.118. The van der Waals surface area contributed by atoms with Crippen molar-refractivity contribution in [2.24, 2.45) is 5.92 Å². The van der Waals surface area contributed by atoms with E-state index < -0.39 is 6.23 Å². The Morgan fingerprint density at radius 3 is 2.61 bits per heavy atom. The molecule has 1 aromatic heterocycles. The monoisotopic (exact) mass is 464 g/mol. The average Bonchev–Trinajstić information content (AvgIpc) is 2.93. The molecule has 33 heavy (non-hydrogen) atoms. The normalized spacial score (nSPS) is 14.8.